The van der Waals surface area contributed by atoms with Crippen LogP contribution in [0.4, 0.5) is 0 Å². The van der Waals surface area contributed by atoms with E-state index in [-0.39, 0.29) is 16.5 Å². The average Bonchev–Trinajstić information content (AvgIpc) is 3.39. The van der Waals surface area contributed by atoms with E-state index < -0.39 is 17.4 Å². The third kappa shape index (κ3) is 6.39. The summed E-state index contributed by atoms with van der Waals surface area (Å²) in [4.78, 5) is 26.0. The summed E-state index contributed by atoms with van der Waals surface area (Å²) in [6.07, 6.45) is 4.50. The monoisotopic (exact) mass is 702 g/mol. The lowest BCUT2D eigenvalue weighted by Crippen LogP contribution is -2.31. The smallest absolute Gasteiger partial charge is 0.339 e. The Kier molecular flexibility index (Phi) is 10.3. The lowest BCUT2D eigenvalue weighted by molar-refractivity contribution is 0.0680. The first-order valence-corrected chi connectivity index (χ1v) is 19.1. The molecule has 0 spiro atoms. The standard InChI is InChI=1S/C46H54O6/c1-9-45(8,10-2)31-11-14-34-36-22-30-21-29(7)35(30)26-40(36)46(39(34)25-31,32-12-15-41(37(23-32)43(47)48)51-19-17-27(3)4)33-13-16-42(38(24-33)44(49)50)52-20-18-28(5)6/h11-16,22-29H,9-10,17-21H2,1-8H3,(H,47,48)(H,49,50). The van der Waals surface area contributed by atoms with Gasteiger partial charge in [-0.15, -0.1) is 0 Å². The number of ether oxygens (including phenoxy) is 2. The second kappa shape index (κ2) is 14.4. The van der Waals surface area contributed by atoms with Crippen LogP contribution in [0.5, 0.6) is 11.5 Å². The number of carboxylic acids is 2. The minimum atomic E-state index is -1.07. The Morgan fingerprint density at radius 1 is 0.750 bits per heavy atom. The van der Waals surface area contributed by atoms with Gasteiger partial charge >= 0.3 is 11.9 Å². The molecule has 2 aliphatic carbocycles. The Hall–Kier alpha value is -4.58. The van der Waals surface area contributed by atoms with E-state index in [2.05, 4.69) is 85.7 Å². The number of aromatic carboxylic acids is 2. The van der Waals surface area contributed by atoms with E-state index in [9.17, 15) is 19.8 Å². The minimum absolute atomic E-state index is 0.0862. The fourth-order valence-corrected chi connectivity index (χ4v) is 8.12. The van der Waals surface area contributed by atoms with Crippen LogP contribution in [0.25, 0.3) is 11.1 Å². The molecule has 2 aliphatic rings. The first-order chi connectivity index (χ1) is 24.7. The maximum Gasteiger partial charge on any atom is 0.339 e. The zero-order chi connectivity index (χ0) is 37.5. The molecule has 4 aromatic carbocycles. The minimum Gasteiger partial charge on any atom is -0.493 e. The molecule has 0 fully saturated rings. The Morgan fingerprint density at radius 2 is 1.27 bits per heavy atom. The Labute approximate surface area is 309 Å². The lowest BCUT2D eigenvalue weighted by atomic mass is 9.65. The molecule has 1 atom stereocenters. The second-order valence-electron chi connectivity index (χ2n) is 16.1. The van der Waals surface area contributed by atoms with Crippen molar-refractivity contribution in [3.05, 3.63) is 117 Å². The van der Waals surface area contributed by atoms with Gasteiger partial charge in [-0.1, -0.05) is 97.9 Å². The van der Waals surface area contributed by atoms with Gasteiger partial charge < -0.3 is 19.7 Å². The van der Waals surface area contributed by atoms with E-state index in [1.165, 1.54) is 16.7 Å². The van der Waals surface area contributed by atoms with Crippen molar-refractivity contribution in [2.24, 2.45) is 11.8 Å². The zero-order valence-electron chi connectivity index (χ0n) is 32.1. The molecule has 2 N–H and O–H groups in total. The average molecular weight is 703 g/mol. The number of fused-ring (bicyclic) bond motifs is 4. The molecule has 274 valence electrons. The van der Waals surface area contributed by atoms with Crippen molar-refractivity contribution in [3.8, 4) is 22.6 Å². The Balaban J connectivity index is 1.69. The van der Waals surface area contributed by atoms with Gasteiger partial charge in [-0.2, -0.15) is 0 Å². The zero-order valence-corrected chi connectivity index (χ0v) is 32.1. The van der Waals surface area contributed by atoms with Crippen LogP contribution in [-0.4, -0.2) is 35.4 Å². The lowest BCUT2D eigenvalue weighted by Gasteiger charge is -2.37. The van der Waals surface area contributed by atoms with Crippen molar-refractivity contribution >= 4 is 11.9 Å². The van der Waals surface area contributed by atoms with Crippen molar-refractivity contribution < 1.29 is 29.3 Å². The number of benzene rings is 4. The number of rotatable bonds is 15. The van der Waals surface area contributed by atoms with Crippen LogP contribution in [-0.2, 0) is 17.3 Å². The van der Waals surface area contributed by atoms with Gasteiger partial charge in [-0.3, -0.25) is 0 Å². The molecule has 0 radical (unpaired) electrons. The predicted octanol–water partition coefficient (Wildman–Crippen LogP) is 11.0. The quantitative estimate of drug-likeness (QED) is 0.113. The molecule has 6 rings (SSSR count). The van der Waals surface area contributed by atoms with E-state index in [0.29, 0.717) is 42.5 Å². The second-order valence-corrected chi connectivity index (χ2v) is 16.1. The highest BCUT2D eigenvalue weighted by atomic mass is 16.5. The largest absolute Gasteiger partial charge is 0.493 e. The highest BCUT2D eigenvalue weighted by molar-refractivity contribution is 5.95. The maximum atomic E-state index is 13.0. The fraction of sp³-hybridized carbons (Fsp3) is 0.435. The highest BCUT2D eigenvalue weighted by Gasteiger charge is 2.49. The van der Waals surface area contributed by atoms with Gasteiger partial charge in [0.15, 0.2) is 0 Å². The topological polar surface area (TPSA) is 93.1 Å². The van der Waals surface area contributed by atoms with E-state index >= 15 is 0 Å². The summed E-state index contributed by atoms with van der Waals surface area (Å²) in [7, 11) is 0. The van der Waals surface area contributed by atoms with Crippen molar-refractivity contribution in [3.63, 3.8) is 0 Å². The number of hydrogen-bond acceptors (Lipinski definition) is 4. The van der Waals surface area contributed by atoms with E-state index in [4.69, 9.17) is 9.47 Å². The Morgan fingerprint density at radius 3 is 1.73 bits per heavy atom. The molecular weight excluding hydrogens is 649 g/mol. The molecule has 52 heavy (non-hydrogen) atoms. The van der Waals surface area contributed by atoms with E-state index in [1.54, 1.807) is 24.3 Å². The summed E-state index contributed by atoms with van der Waals surface area (Å²) >= 11 is 0. The molecule has 6 nitrogen and oxygen atoms in total. The van der Waals surface area contributed by atoms with E-state index in [0.717, 1.165) is 65.5 Å². The van der Waals surface area contributed by atoms with Gasteiger partial charge in [0, 0.05) is 0 Å². The van der Waals surface area contributed by atoms with Gasteiger partial charge in [0.25, 0.3) is 0 Å². The van der Waals surface area contributed by atoms with E-state index in [1.807, 2.05) is 12.1 Å². The van der Waals surface area contributed by atoms with Crippen LogP contribution < -0.4 is 9.47 Å². The van der Waals surface area contributed by atoms with Crippen molar-refractivity contribution in [1.29, 1.82) is 0 Å². The van der Waals surface area contributed by atoms with Gasteiger partial charge in [-0.05, 0) is 130 Å². The Bertz CT molecular complexity index is 1920. The summed E-state index contributed by atoms with van der Waals surface area (Å²) in [5, 5.41) is 21.3. The predicted molar refractivity (Wildman–Crippen MR) is 208 cm³/mol. The van der Waals surface area contributed by atoms with Crippen LogP contribution in [0.2, 0.25) is 0 Å². The third-order valence-electron chi connectivity index (χ3n) is 11.9. The van der Waals surface area contributed by atoms with Gasteiger partial charge in [-0.25, -0.2) is 9.59 Å². The fourth-order valence-electron chi connectivity index (χ4n) is 8.12. The maximum absolute atomic E-state index is 13.0. The number of carboxylic acid groups (broad SMARTS) is 2. The SMILES string of the molecule is CCC(C)(CC)c1ccc2c(c1)C(c1ccc(OCCC(C)C)c(C(=O)O)c1)(c1ccc(OCCC(C)C)c(C(=O)O)c1)c1cc3c(cc1-2)CC3C. The number of carbonyl (C=O) groups is 2. The van der Waals surface area contributed by atoms with Crippen LogP contribution in [0.15, 0.2) is 66.7 Å². The van der Waals surface area contributed by atoms with Gasteiger partial charge in [0.05, 0.1) is 18.6 Å². The highest BCUT2D eigenvalue weighted by Crippen LogP contribution is 2.59. The van der Waals surface area contributed by atoms with Crippen molar-refractivity contribution in [2.45, 2.75) is 104 Å². The summed E-state index contributed by atoms with van der Waals surface area (Å²) in [6.45, 7) is 18.2. The van der Waals surface area contributed by atoms with Crippen LogP contribution in [0.1, 0.15) is 147 Å². The molecule has 4 aromatic rings. The molecule has 0 saturated heterocycles. The summed E-state index contributed by atoms with van der Waals surface area (Å²) in [5.74, 6) is -0.274. The molecule has 1 unspecified atom stereocenters. The molecule has 0 aromatic heterocycles. The van der Waals surface area contributed by atoms with Crippen molar-refractivity contribution in [1.82, 2.24) is 0 Å². The normalized spacial score (nSPS) is 15.5. The molecular formula is C46H54O6. The summed E-state index contributed by atoms with van der Waals surface area (Å²) in [5.41, 5.74) is 8.63. The first-order valence-electron chi connectivity index (χ1n) is 19.1. The number of hydrogen-bond donors (Lipinski definition) is 2. The van der Waals surface area contributed by atoms with Crippen LogP contribution in [0, 0.1) is 11.8 Å². The molecule has 0 bridgehead atoms. The van der Waals surface area contributed by atoms with Crippen LogP contribution >= 0.6 is 0 Å². The molecule has 0 saturated carbocycles. The van der Waals surface area contributed by atoms with Crippen molar-refractivity contribution in [2.75, 3.05) is 13.2 Å². The summed E-state index contributed by atoms with van der Waals surface area (Å²) in [6, 6.07) is 22.5. The molecule has 0 amide bonds. The molecule has 0 heterocycles. The van der Waals surface area contributed by atoms with Gasteiger partial charge in [0.2, 0.25) is 0 Å². The third-order valence-corrected chi connectivity index (χ3v) is 11.9. The van der Waals surface area contributed by atoms with Gasteiger partial charge in [0.1, 0.15) is 22.6 Å². The first kappa shape index (κ1) is 37.2. The molecule has 6 heteroatoms. The molecule has 0 aliphatic heterocycles. The van der Waals surface area contributed by atoms with Crippen LogP contribution in [0.3, 0.4) is 0 Å². The summed E-state index contributed by atoms with van der Waals surface area (Å²) < 4.78 is 12.2.